The minimum absolute atomic E-state index is 0.124. The van der Waals surface area contributed by atoms with Crippen molar-refractivity contribution in [3.8, 4) is 0 Å². The molecule has 3 rings (SSSR count). The number of thioether (sulfide) groups is 1. The van der Waals surface area contributed by atoms with E-state index in [2.05, 4.69) is 10.2 Å². The largest absolute Gasteiger partial charge is 0.439 e. The zero-order valence-electron chi connectivity index (χ0n) is 18.7. The van der Waals surface area contributed by atoms with E-state index < -0.39 is 23.9 Å². The van der Waals surface area contributed by atoms with Crippen LogP contribution in [0.25, 0.3) is 0 Å². The molecule has 1 aromatic carbocycles. The highest BCUT2D eigenvalue weighted by molar-refractivity contribution is 7.99. The molecule has 2 amide bonds. The SMILES string of the molecule is CN1CC(OC(=O)CCCSc2ccc(C(F)(F)F)cc2)N(c2nnc(C(C)(C)C)s2)C1=O. The number of ether oxygens (including phenoxy) is 1. The van der Waals surface area contributed by atoms with Gasteiger partial charge in [-0.25, -0.2) is 9.69 Å². The van der Waals surface area contributed by atoms with Gasteiger partial charge < -0.3 is 9.64 Å². The van der Waals surface area contributed by atoms with E-state index in [1.165, 1.54) is 45.0 Å². The van der Waals surface area contributed by atoms with Crippen LogP contribution in [0.2, 0.25) is 0 Å². The van der Waals surface area contributed by atoms with Gasteiger partial charge in [0.2, 0.25) is 11.4 Å². The number of rotatable bonds is 7. The molecular weight excluding hydrogens is 477 g/mol. The summed E-state index contributed by atoms with van der Waals surface area (Å²) in [6, 6.07) is 4.59. The number of carbonyl (C=O) groups excluding carboxylic acids is 2. The lowest BCUT2D eigenvalue weighted by Crippen LogP contribution is -2.37. The third-order valence-electron chi connectivity index (χ3n) is 4.76. The summed E-state index contributed by atoms with van der Waals surface area (Å²) in [4.78, 5) is 28.5. The molecule has 0 saturated carbocycles. The van der Waals surface area contributed by atoms with E-state index >= 15 is 0 Å². The first-order valence-corrected chi connectivity index (χ1v) is 12.0. The van der Waals surface area contributed by atoms with E-state index in [1.807, 2.05) is 20.8 Å². The summed E-state index contributed by atoms with van der Waals surface area (Å²) in [5, 5.41) is 9.43. The van der Waals surface area contributed by atoms with Crippen molar-refractivity contribution in [1.29, 1.82) is 0 Å². The molecule has 0 N–H and O–H groups in total. The molecule has 1 fully saturated rings. The monoisotopic (exact) mass is 502 g/mol. The van der Waals surface area contributed by atoms with Crippen molar-refractivity contribution in [2.24, 2.45) is 0 Å². The summed E-state index contributed by atoms with van der Waals surface area (Å²) in [6.45, 7) is 6.20. The van der Waals surface area contributed by atoms with E-state index in [1.54, 1.807) is 7.05 Å². The van der Waals surface area contributed by atoms with Gasteiger partial charge in [-0.05, 0) is 36.4 Å². The molecule has 1 atom stereocenters. The number of hydrogen-bond donors (Lipinski definition) is 0. The number of anilines is 1. The predicted octanol–water partition coefficient (Wildman–Crippen LogP) is 5.17. The van der Waals surface area contributed by atoms with Crippen LogP contribution in [0.1, 0.15) is 44.2 Å². The van der Waals surface area contributed by atoms with Gasteiger partial charge in [-0.15, -0.1) is 22.0 Å². The van der Waals surface area contributed by atoms with Gasteiger partial charge in [-0.3, -0.25) is 4.79 Å². The molecule has 1 aromatic heterocycles. The fourth-order valence-electron chi connectivity index (χ4n) is 2.97. The molecular formula is C21H25F3N4O3S2. The van der Waals surface area contributed by atoms with Crippen molar-refractivity contribution >= 4 is 40.2 Å². The Hall–Kier alpha value is -2.34. The highest BCUT2D eigenvalue weighted by Gasteiger charge is 2.41. The third kappa shape index (κ3) is 6.38. The second kappa shape index (κ2) is 9.88. The number of amides is 2. The molecule has 2 heterocycles. The molecule has 2 aromatic rings. The fourth-order valence-corrected chi connectivity index (χ4v) is 4.76. The minimum atomic E-state index is -4.36. The quantitative estimate of drug-likeness (QED) is 0.296. The summed E-state index contributed by atoms with van der Waals surface area (Å²) < 4.78 is 43.4. The van der Waals surface area contributed by atoms with Gasteiger partial charge in [-0.1, -0.05) is 32.1 Å². The molecule has 1 unspecified atom stereocenters. The van der Waals surface area contributed by atoms with Crippen LogP contribution < -0.4 is 4.90 Å². The van der Waals surface area contributed by atoms with E-state index in [4.69, 9.17) is 4.74 Å². The first kappa shape index (κ1) is 25.3. The smallest absolute Gasteiger partial charge is 0.416 e. The predicted molar refractivity (Wildman–Crippen MR) is 120 cm³/mol. The van der Waals surface area contributed by atoms with Crippen LogP contribution in [-0.4, -0.2) is 52.7 Å². The third-order valence-corrected chi connectivity index (χ3v) is 7.20. The lowest BCUT2D eigenvalue weighted by Gasteiger charge is -2.20. The summed E-state index contributed by atoms with van der Waals surface area (Å²) >= 11 is 2.65. The number of benzene rings is 1. The number of hydrogen-bond acceptors (Lipinski definition) is 7. The Morgan fingerprint density at radius 3 is 2.45 bits per heavy atom. The molecule has 0 radical (unpaired) electrons. The molecule has 0 bridgehead atoms. The fraction of sp³-hybridized carbons (Fsp3) is 0.524. The summed E-state index contributed by atoms with van der Waals surface area (Å²) in [7, 11) is 1.62. The maximum absolute atomic E-state index is 12.6. The van der Waals surface area contributed by atoms with Crippen molar-refractivity contribution in [3.05, 3.63) is 34.8 Å². The number of halogens is 3. The van der Waals surface area contributed by atoms with E-state index in [-0.39, 0.29) is 24.4 Å². The second-order valence-corrected chi connectivity index (χ2v) is 10.7. The molecule has 0 aliphatic carbocycles. The Morgan fingerprint density at radius 2 is 1.88 bits per heavy atom. The van der Waals surface area contributed by atoms with Crippen molar-refractivity contribution in [1.82, 2.24) is 15.1 Å². The van der Waals surface area contributed by atoms with Crippen molar-refractivity contribution in [2.45, 2.75) is 56.3 Å². The van der Waals surface area contributed by atoms with Gasteiger partial charge in [0.25, 0.3) is 0 Å². The van der Waals surface area contributed by atoms with E-state index in [0.29, 0.717) is 22.2 Å². The van der Waals surface area contributed by atoms with Crippen molar-refractivity contribution < 1.29 is 27.5 Å². The lowest BCUT2D eigenvalue weighted by molar-refractivity contribution is -0.148. The zero-order chi connectivity index (χ0) is 24.4. The molecule has 180 valence electrons. The van der Waals surface area contributed by atoms with E-state index in [0.717, 1.165) is 17.1 Å². The van der Waals surface area contributed by atoms with Crippen LogP contribution >= 0.6 is 23.1 Å². The lowest BCUT2D eigenvalue weighted by atomic mass is 9.98. The summed E-state index contributed by atoms with van der Waals surface area (Å²) in [5.41, 5.74) is -0.914. The van der Waals surface area contributed by atoms with Gasteiger partial charge in [-0.2, -0.15) is 13.2 Å². The Kier molecular flexibility index (Phi) is 7.57. The first-order chi connectivity index (χ1) is 15.4. The summed E-state index contributed by atoms with van der Waals surface area (Å²) in [5.74, 6) is 0.0839. The Balaban J connectivity index is 1.51. The average Bonchev–Trinajstić information content (AvgIpc) is 3.30. The molecule has 1 aliphatic heterocycles. The maximum Gasteiger partial charge on any atom is 0.416 e. The molecule has 1 aliphatic rings. The van der Waals surface area contributed by atoms with Crippen molar-refractivity contribution in [3.63, 3.8) is 0 Å². The Labute approximate surface area is 198 Å². The van der Waals surface area contributed by atoms with Gasteiger partial charge in [0.15, 0.2) is 0 Å². The molecule has 0 spiro atoms. The molecule has 1 saturated heterocycles. The van der Waals surface area contributed by atoms with Crippen LogP contribution in [0, 0.1) is 0 Å². The van der Waals surface area contributed by atoms with Crippen LogP contribution in [0.4, 0.5) is 23.1 Å². The number of aromatic nitrogens is 2. The number of esters is 1. The van der Waals surface area contributed by atoms with Crippen LogP contribution in [-0.2, 0) is 21.1 Å². The number of alkyl halides is 3. The topological polar surface area (TPSA) is 75.6 Å². The number of likely N-dealkylation sites (N-methyl/N-ethyl adjacent to an activating group) is 1. The maximum atomic E-state index is 12.6. The van der Waals surface area contributed by atoms with Crippen LogP contribution in [0.5, 0.6) is 0 Å². The van der Waals surface area contributed by atoms with Crippen molar-refractivity contribution in [2.75, 3.05) is 24.2 Å². The Morgan fingerprint density at radius 1 is 1.21 bits per heavy atom. The van der Waals surface area contributed by atoms with Gasteiger partial charge in [0.1, 0.15) is 5.01 Å². The van der Waals surface area contributed by atoms with Crippen LogP contribution in [0.3, 0.4) is 0 Å². The van der Waals surface area contributed by atoms with Gasteiger partial charge in [0, 0.05) is 23.8 Å². The summed E-state index contributed by atoms with van der Waals surface area (Å²) in [6.07, 6.45) is -4.55. The first-order valence-electron chi connectivity index (χ1n) is 10.2. The molecule has 7 nitrogen and oxygen atoms in total. The number of nitrogens with zero attached hydrogens (tertiary/aromatic N) is 4. The second-order valence-electron chi connectivity index (χ2n) is 8.59. The van der Waals surface area contributed by atoms with Gasteiger partial charge in [0.05, 0.1) is 12.1 Å². The minimum Gasteiger partial charge on any atom is -0.439 e. The standard InChI is InChI=1S/C21H25F3N4O3S2/c1-20(2,3)17-25-26-18(33-17)28-15(12-27(4)19(28)30)31-16(29)6-5-11-32-14-9-7-13(8-10-14)21(22,23)24/h7-10,15H,5-6,11-12H2,1-4H3. The molecule has 33 heavy (non-hydrogen) atoms. The number of urea groups is 1. The zero-order valence-corrected chi connectivity index (χ0v) is 20.3. The molecule has 12 heteroatoms. The van der Waals surface area contributed by atoms with E-state index in [9.17, 15) is 22.8 Å². The highest BCUT2D eigenvalue weighted by atomic mass is 32.2. The number of carbonyl (C=O) groups is 2. The Bertz CT molecular complexity index is 990. The average molecular weight is 503 g/mol. The van der Waals surface area contributed by atoms with Crippen LogP contribution in [0.15, 0.2) is 29.2 Å². The highest BCUT2D eigenvalue weighted by Crippen LogP contribution is 2.34. The van der Waals surface area contributed by atoms with Gasteiger partial charge >= 0.3 is 18.2 Å². The normalized spacial score (nSPS) is 17.1.